The van der Waals surface area contributed by atoms with E-state index in [0.29, 0.717) is 5.90 Å². The first kappa shape index (κ1) is 10.5. The van der Waals surface area contributed by atoms with Crippen LogP contribution in [0.1, 0.15) is 13.8 Å². The molecule has 0 atom stereocenters. The molecule has 3 nitrogen and oxygen atoms in total. The van der Waals surface area contributed by atoms with Gasteiger partial charge in [0.15, 0.2) is 0 Å². The van der Waals surface area contributed by atoms with Gasteiger partial charge in [-0.2, -0.15) is 11.8 Å². The van der Waals surface area contributed by atoms with Crippen LogP contribution in [0.2, 0.25) is 0 Å². The zero-order valence-corrected chi connectivity index (χ0v) is 8.02. The molecule has 0 saturated heterocycles. The lowest BCUT2D eigenvalue weighted by molar-refractivity contribution is 0.327. The number of hydrogen-bond acceptors (Lipinski definition) is 4. The van der Waals surface area contributed by atoms with Crippen molar-refractivity contribution in [1.29, 1.82) is 0 Å². The first-order chi connectivity index (χ1) is 5.20. The van der Waals surface area contributed by atoms with Gasteiger partial charge in [-0.25, -0.2) is 4.99 Å². The molecular formula is C7H14N2OS. The minimum absolute atomic E-state index is 0.249. The Morgan fingerprint density at radius 1 is 1.64 bits per heavy atom. The number of rotatable bonds is 4. The molecule has 0 bridgehead atoms. The molecule has 4 heteroatoms. The summed E-state index contributed by atoms with van der Waals surface area (Å²) in [4.78, 5) is 9.03. The lowest BCUT2D eigenvalue weighted by atomic mass is 10.4. The van der Waals surface area contributed by atoms with Crippen LogP contribution in [0.4, 0.5) is 0 Å². The maximum Gasteiger partial charge on any atom is 0.230 e. The Morgan fingerprint density at radius 2 is 2.27 bits per heavy atom. The average Bonchev–Trinajstić information content (AvgIpc) is 1.87. The van der Waals surface area contributed by atoms with Crippen LogP contribution >= 0.6 is 11.8 Å². The van der Waals surface area contributed by atoms with Gasteiger partial charge in [0.1, 0.15) is 0 Å². The minimum atomic E-state index is 0.249. The predicted octanol–water partition coefficient (Wildman–Crippen LogP) is 1.79. The molecule has 0 aromatic rings. The molecule has 0 aliphatic rings. The molecule has 0 N–H and O–H groups in total. The molecule has 0 rings (SSSR count). The quantitative estimate of drug-likeness (QED) is 0.370. The van der Waals surface area contributed by atoms with Crippen LogP contribution < -0.4 is 0 Å². The third kappa shape index (κ3) is 5.91. The summed E-state index contributed by atoms with van der Waals surface area (Å²) in [5.74, 6) is 1.39. The van der Waals surface area contributed by atoms with Crippen LogP contribution in [0.15, 0.2) is 10.1 Å². The lowest BCUT2D eigenvalue weighted by Crippen LogP contribution is -2.07. The van der Waals surface area contributed by atoms with Crippen molar-refractivity contribution < 1.29 is 4.84 Å². The standard InChI is InChI=1S/C7H14N2OS/c1-6(2)9-7(5-11-4)10-8-3/h6H,3,5H2,1-2,4H3. The second kappa shape index (κ2) is 6.22. The fourth-order valence-corrected chi connectivity index (χ4v) is 0.947. The molecule has 0 heterocycles. The van der Waals surface area contributed by atoms with Gasteiger partial charge in [0.05, 0.1) is 5.75 Å². The first-order valence-electron chi connectivity index (χ1n) is 3.39. The summed E-state index contributed by atoms with van der Waals surface area (Å²) >= 11 is 1.65. The second-order valence-electron chi connectivity index (χ2n) is 2.27. The number of nitrogens with zero attached hydrogens (tertiary/aromatic N) is 2. The maximum absolute atomic E-state index is 4.84. The van der Waals surface area contributed by atoms with Gasteiger partial charge in [0.25, 0.3) is 0 Å². The Bertz CT molecular complexity index is 145. The molecule has 0 radical (unpaired) electrons. The van der Waals surface area contributed by atoms with Crippen LogP contribution in [0.3, 0.4) is 0 Å². The molecule has 0 aliphatic carbocycles. The second-order valence-corrected chi connectivity index (χ2v) is 3.14. The highest BCUT2D eigenvalue weighted by atomic mass is 32.2. The van der Waals surface area contributed by atoms with E-state index < -0.39 is 0 Å². The number of aliphatic imine (C=N–C) groups is 1. The molecule has 0 unspecified atom stereocenters. The van der Waals surface area contributed by atoms with Crippen molar-refractivity contribution in [2.24, 2.45) is 10.1 Å². The van der Waals surface area contributed by atoms with Gasteiger partial charge in [0, 0.05) is 12.8 Å². The van der Waals surface area contributed by atoms with Crippen molar-refractivity contribution in [2.45, 2.75) is 19.9 Å². The van der Waals surface area contributed by atoms with E-state index >= 15 is 0 Å². The Morgan fingerprint density at radius 3 is 2.64 bits per heavy atom. The van der Waals surface area contributed by atoms with Crippen LogP contribution in [0.5, 0.6) is 0 Å². The van der Waals surface area contributed by atoms with Crippen molar-refractivity contribution in [3.8, 4) is 0 Å². The number of thioether (sulfide) groups is 1. The van der Waals surface area contributed by atoms with E-state index in [0.717, 1.165) is 5.75 Å². The van der Waals surface area contributed by atoms with E-state index in [-0.39, 0.29) is 6.04 Å². The molecule has 0 aromatic heterocycles. The van der Waals surface area contributed by atoms with Gasteiger partial charge in [-0.05, 0) is 20.1 Å². The van der Waals surface area contributed by atoms with Crippen molar-refractivity contribution in [2.75, 3.05) is 12.0 Å². The Kier molecular flexibility index (Phi) is 5.93. The highest BCUT2D eigenvalue weighted by Gasteiger charge is 1.99. The minimum Gasteiger partial charge on any atom is -0.341 e. The Hall–Kier alpha value is -0.510. The predicted molar refractivity (Wildman–Crippen MR) is 51.6 cm³/mol. The molecule has 0 saturated carbocycles. The van der Waals surface area contributed by atoms with Gasteiger partial charge < -0.3 is 4.84 Å². The van der Waals surface area contributed by atoms with Gasteiger partial charge in [-0.15, -0.1) is 0 Å². The average molecular weight is 174 g/mol. The normalized spacial score (nSPS) is 11.8. The molecular weight excluding hydrogens is 160 g/mol. The van der Waals surface area contributed by atoms with Gasteiger partial charge in [-0.1, -0.05) is 5.16 Å². The number of hydrogen-bond donors (Lipinski definition) is 0. The summed E-state index contributed by atoms with van der Waals surface area (Å²) in [6.45, 7) is 7.21. The molecule has 0 aliphatic heterocycles. The van der Waals surface area contributed by atoms with Gasteiger partial charge in [-0.3, -0.25) is 0 Å². The van der Waals surface area contributed by atoms with Crippen molar-refractivity contribution >= 4 is 24.4 Å². The molecule has 0 spiro atoms. The van der Waals surface area contributed by atoms with E-state index in [4.69, 9.17) is 4.84 Å². The maximum atomic E-state index is 4.84. The highest BCUT2D eigenvalue weighted by molar-refractivity contribution is 7.99. The summed E-state index contributed by atoms with van der Waals surface area (Å²) in [7, 11) is 0. The first-order valence-corrected chi connectivity index (χ1v) is 4.78. The van der Waals surface area contributed by atoms with Crippen LogP contribution in [0, 0.1) is 0 Å². The molecule has 0 aromatic carbocycles. The van der Waals surface area contributed by atoms with Crippen LogP contribution in [-0.4, -0.2) is 30.7 Å². The lowest BCUT2D eigenvalue weighted by Gasteiger charge is -2.02. The van der Waals surface area contributed by atoms with Gasteiger partial charge in [0.2, 0.25) is 5.90 Å². The largest absolute Gasteiger partial charge is 0.341 e. The monoisotopic (exact) mass is 174 g/mol. The third-order valence-electron chi connectivity index (χ3n) is 0.840. The van der Waals surface area contributed by atoms with Crippen LogP contribution in [0.25, 0.3) is 0 Å². The third-order valence-corrected chi connectivity index (χ3v) is 1.38. The Balaban J connectivity index is 3.95. The molecule has 64 valence electrons. The summed E-state index contributed by atoms with van der Waals surface area (Å²) < 4.78 is 0. The molecule has 0 fully saturated rings. The van der Waals surface area contributed by atoms with E-state index in [9.17, 15) is 0 Å². The van der Waals surface area contributed by atoms with E-state index in [1.807, 2.05) is 20.1 Å². The summed E-state index contributed by atoms with van der Waals surface area (Å²) in [6.07, 6.45) is 1.99. The molecule has 0 amide bonds. The summed E-state index contributed by atoms with van der Waals surface area (Å²) in [6, 6.07) is 0.249. The van der Waals surface area contributed by atoms with E-state index in [2.05, 4.69) is 16.9 Å². The van der Waals surface area contributed by atoms with Gasteiger partial charge >= 0.3 is 0 Å². The van der Waals surface area contributed by atoms with Crippen molar-refractivity contribution in [1.82, 2.24) is 0 Å². The topological polar surface area (TPSA) is 34.0 Å². The van der Waals surface area contributed by atoms with Crippen molar-refractivity contribution in [3.63, 3.8) is 0 Å². The zero-order chi connectivity index (χ0) is 8.69. The SMILES string of the molecule is C=NOC(CSC)=NC(C)C. The fraction of sp³-hybridized carbons (Fsp3) is 0.714. The Labute approximate surface area is 71.9 Å². The highest BCUT2D eigenvalue weighted by Crippen LogP contribution is 1.98. The van der Waals surface area contributed by atoms with Crippen molar-refractivity contribution in [3.05, 3.63) is 0 Å². The summed E-state index contributed by atoms with van der Waals surface area (Å²) in [5.41, 5.74) is 0. The van der Waals surface area contributed by atoms with E-state index in [1.54, 1.807) is 11.8 Å². The fourth-order valence-electron chi connectivity index (χ4n) is 0.573. The summed E-state index contributed by atoms with van der Waals surface area (Å²) in [5, 5.41) is 3.31. The van der Waals surface area contributed by atoms with Crippen LogP contribution in [-0.2, 0) is 4.84 Å². The number of oxime groups is 1. The zero-order valence-electron chi connectivity index (χ0n) is 7.20. The smallest absolute Gasteiger partial charge is 0.230 e. The molecule has 11 heavy (non-hydrogen) atoms. The van der Waals surface area contributed by atoms with E-state index in [1.165, 1.54) is 0 Å².